The van der Waals surface area contributed by atoms with Gasteiger partial charge in [-0.1, -0.05) is 29.3 Å². The van der Waals surface area contributed by atoms with E-state index in [0.717, 1.165) is 63.0 Å². The minimum atomic E-state index is -0.0454. The first-order chi connectivity index (χ1) is 14.0. The molecule has 0 radical (unpaired) electrons. The number of urea groups is 1. The number of piperidine rings is 1. The van der Waals surface area contributed by atoms with Crippen LogP contribution in [0.5, 0.6) is 0 Å². The first-order valence-electron chi connectivity index (χ1n) is 10.6. The number of hydrogen-bond acceptors (Lipinski definition) is 3. The number of nitrogens with zero attached hydrogens (tertiary/aromatic N) is 3. The lowest BCUT2D eigenvalue weighted by atomic mass is 10.1. The third-order valence-corrected chi connectivity index (χ3v) is 7.16. The van der Waals surface area contributed by atoms with Crippen molar-refractivity contribution in [3.8, 4) is 0 Å². The molecule has 4 rings (SSSR count). The summed E-state index contributed by atoms with van der Waals surface area (Å²) in [5.74, 6) is 0.223. The van der Waals surface area contributed by atoms with Crippen molar-refractivity contribution < 1.29 is 9.59 Å². The Morgan fingerprint density at radius 2 is 1.69 bits per heavy atom. The normalized spacial score (nSPS) is 22.5. The van der Waals surface area contributed by atoms with Gasteiger partial charge in [-0.15, -0.1) is 0 Å². The average molecular weight is 439 g/mol. The predicted molar refractivity (Wildman–Crippen MR) is 114 cm³/mol. The van der Waals surface area contributed by atoms with Crippen molar-refractivity contribution in [2.75, 3.05) is 45.8 Å². The Labute approximate surface area is 182 Å². The van der Waals surface area contributed by atoms with Crippen molar-refractivity contribution in [3.05, 3.63) is 33.3 Å². The SMILES string of the molecule is O=C(CN1CCN(C(=O)NC2CCc3c2ccc(Cl)c3Cl)CC1)N1CCCCC1. The number of amides is 3. The molecule has 0 saturated carbocycles. The van der Waals surface area contributed by atoms with E-state index in [2.05, 4.69) is 10.2 Å². The fourth-order valence-electron chi connectivity index (χ4n) is 4.57. The Balaban J connectivity index is 1.26. The summed E-state index contributed by atoms with van der Waals surface area (Å²) in [4.78, 5) is 31.2. The molecule has 29 heavy (non-hydrogen) atoms. The number of halogens is 2. The highest BCUT2D eigenvalue weighted by Gasteiger charge is 2.30. The van der Waals surface area contributed by atoms with Crippen molar-refractivity contribution in [2.45, 2.75) is 38.1 Å². The van der Waals surface area contributed by atoms with Gasteiger partial charge in [0.05, 0.1) is 22.6 Å². The molecule has 3 aliphatic rings. The Hall–Kier alpha value is -1.50. The first kappa shape index (κ1) is 20.8. The number of carbonyl (C=O) groups is 2. The number of nitrogens with one attached hydrogen (secondary N) is 1. The van der Waals surface area contributed by atoms with Gasteiger partial charge in [-0.3, -0.25) is 9.69 Å². The van der Waals surface area contributed by atoms with Crippen LogP contribution >= 0.6 is 23.2 Å². The van der Waals surface area contributed by atoms with Gasteiger partial charge in [0.2, 0.25) is 5.91 Å². The molecule has 0 bridgehead atoms. The number of benzene rings is 1. The Bertz CT molecular complexity index is 774. The molecular formula is C21H28Cl2N4O2. The van der Waals surface area contributed by atoms with Crippen LogP contribution in [0.2, 0.25) is 10.0 Å². The lowest BCUT2D eigenvalue weighted by Crippen LogP contribution is -2.54. The van der Waals surface area contributed by atoms with Gasteiger partial charge in [0.1, 0.15) is 0 Å². The molecule has 0 aromatic heterocycles. The van der Waals surface area contributed by atoms with E-state index in [1.807, 2.05) is 15.9 Å². The van der Waals surface area contributed by atoms with Crippen LogP contribution in [0.15, 0.2) is 12.1 Å². The zero-order valence-corrected chi connectivity index (χ0v) is 18.1. The van der Waals surface area contributed by atoms with E-state index >= 15 is 0 Å². The zero-order valence-electron chi connectivity index (χ0n) is 16.6. The Morgan fingerprint density at radius 3 is 2.41 bits per heavy atom. The van der Waals surface area contributed by atoms with Gasteiger partial charge in [-0.2, -0.15) is 0 Å². The summed E-state index contributed by atoms with van der Waals surface area (Å²) in [5.41, 5.74) is 2.11. The zero-order chi connectivity index (χ0) is 20.4. The third-order valence-electron chi connectivity index (χ3n) is 6.32. The van der Waals surface area contributed by atoms with Gasteiger partial charge in [-0.05, 0) is 49.3 Å². The monoisotopic (exact) mass is 438 g/mol. The minimum Gasteiger partial charge on any atom is -0.342 e. The summed E-state index contributed by atoms with van der Waals surface area (Å²) in [6.07, 6.45) is 5.11. The van der Waals surface area contributed by atoms with Crippen LogP contribution in [0, 0.1) is 0 Å². The summed E-state index contributed by atoms with van der Waals surface area (Å²) >= 11 is 12.4. The number of hydrogen-bond donors (Lipinski definition) is 1. The highest BCUT2D eigenvalue weighted by molar-refractivity contribution is 6.42. The fraction of sp³-hybridized carbons (Fsp3) is 0.619. The van der Waals surface area contributed by atoms with E-state index in [1.54, 1.807) is 6.07 Å². The molecule has 1 atom stereocenters. The molecule has 1 aliphatic carbocycles. The lowest BCUT2D eigenvalue weighted by Gasteiger charge is -2.36. The molecule has 2 aliphatic heterocycles. The quantitative estimate of drug-likeness (QED) is 0.787. The maximum Gasteiger partial charge on any atom is 0.317 e. The molecule has 6 nitrogen and oxygen atoms in total. The van der Waals surface area contributed by atoms with Crippen LogP contribution < -0.4 is 5.32 Å². The van der Waals surface area contributed by atoms with Gasteiger partial charge in [0, 0.05) is 39.3 Å². The molecule has 158 valence electrons. The van der Waals surface area contributed by atoms with Crippen LogP contribution in [0.1, 0.15) is 42.9 Å². The van der Waals surface area contributed by atoms with E-state index in [9.17, 15) is 9.59 Å². The van der Waals surface area contributed by atoms with Crippen molar-refractivity contribution in [2.24, 2.45) is 0 Å². The van der Waals surface area contributed by atoms with Crippen LogP contribution in [0.4, 0.5) is 4.79 Å². The Morgan fingerprint density at radius 1 is 0.966 bits per heavy atom. The molecule has 2 saturated heterocycles. The molecule has 2 heterocycles. The second kappa shape index (κ2) is 9.11. The number of rotatable bonds is 3. The van der Waals surface area contributed by atoms with Crippen molar-refractivity contribution >= 4 is 35.1 Å². The second-order valence-electron chi connectivity index (χ2n) is 8.17. The molecule has 1 aromatic carbocycles. The molecular weight excluding hydrogens is 411 g/mol. The summed E-state index contributed by atoms with van der Waals surface area (Å²) in [6.45, 7) is 4.98. The molecule has 2 fully saturated rings. The van der Waals surface area contributed by atoms with Crippen molar-refractivity contribution in [1.29, 1.82) is 0 Å². The van der Waals surface area contributed by atoms with E-state index in [0.29, 0.717) is 29.7 Å². The maximum atomic E-state index is 12.8. The third kappa shape index (κ3) is 4.65. The molecule has 1 N–H and O–H groups in total. The van der Waals surface area contributed by atoms with Crippen molar-refractivity contribution in [3.63, 3.8) is 0 Å². The largest absolute Gasteiger partial charge is 0.342 e. The smallest absolute Gasteiger partial charge is 0.317 e. The highest BCUT2D eigenvalue weighted by Crippen LogP contribution is 2.39. The molecule has 1 aromatic rings. The summed E-state index contributed by atoms with van der Waals surface area (Å²) < 4.78 is 0. The predicted octanol–water partition coefficient (Wildman–Crippen LogP) is 3.32. The van der Waals surface area contributed by atoms with E-state index in [-0.39, 0.29) is 18.0 Å². The second-order valence-corrected chi connectivity index (χ2v) is 8.96. The summed E-state index contributed by atoms with van der Waals surface area (Å²) in [7, 11) is 0. The van der Waals surface area contributed by atoms with Gasteiger partial charge in [-0.25, -0.2) is 4.79 Å². The molecule has 8 heteroatoms. The van der Waals surface area contributed by atoms with Crippen molar-refractivity contribution in [1.82, 2.24) is 20.0 Å². The van der Waals surface area contributed by atoms with Crippen LogP contribution in [-0.4, -0.2) is 72.5 Å². The van der Waals surface area contributed by atoms with E-state index in [1.165, 1.54) is 6.42 Å². The standard InChI is InChI=1S/C21H28Cl2N4O2/c22-17-6-4-15-16(20(17)23)5-7-18(15)24-21(29)27-12-10-25(11-13-27)14-19(28)26-8-2-1-3-9-26/h4,6,18H,1-3,5,7-14H2,(H,24,29). The summed E-state index contributed by atoms with van der Waals surface area (Å²) in [6, 6.07) is 3.69. The topological polar surface area (TPSA) is 55.9 Å². The number of carbonyl (C=O) groups excluding carboxylic acids is 2. The van der Waals surface area contributed by atoms with Gasteiger partial charge in [0.15, 0.2) is 0 Å². The van der Waals surface area contributed by atoms with Gasteiger partial charge in [0.25, 0.3) is 0 Å². The first-order valence-corrected chi connectivity index (χ1v) is 11.3. The van der Waals surface area contributed by atoms with Gasteiger partial charge >= 0.3 is 6.03 Å². The number of likely N-dealkylation sites (tertiary alicyclic amines) is 1. The molecule has 3 amide bonds. The lowest BCUT2D eigenvalue weighted by molar-refractivity contribution is -0.133. The fourth-order valence-corrected chi connectivity index (χ4v) is 5.01. The van der Waals surface area contributed by atoms with Gasteiger partial charge < -0.3 is 15.1 Å². The number of fused-ring (bicyclic) bond motifs is 1. The van der Waals surface area contributed by atoms with Crippen LogP contribution in [0.25, 0.3) is 0 Å². The average Bonchev–Trinajstić information content (AvgIpc) is 3.15. The molecule has 1 unspecified atom stereocenters. The Kier molecular flexibility index (Phi) is 6.52. The van der Waals surface area contributed by atoms with Crippen LogP contribution in [-0.2, 0) is 11.2 Å². The highest BCUT2D eigenvalue weighted by atomic mass is 35.5. The maximum absolute atomic E-state index is 12.8. The number of piperazine rings is 1. The van der Waals surface area contributed by atoms with E-state index < -0.39 is 0 Å². The van der Waals surface area contributed by atoms with Crippen LogP contribution in [0.3, 0.4) is 0 Å². The minimum absolute atomic E-state index is 0.0222. The summed E-state index contributed by atoms with van der Waals surface area (Å²) in [5, 5.41) is 4.32. The molecule has 0 spiro atoms. The van der Waals surface area contributed by atoms with E-state index in [4.69, 9.17) is 23.2 Å².